The van der Waals surface area contributed by atoms with E-state index in [1.807, 2.05) is 12.1 Å². The lowest BCUT2D eigenvalue weighted by Crippen LogP contribution is -2.61. The first-order valence-electron chi connectivity index (χ1n) is 12.8. The van der Waals surface area contributed by atoms with Crippen LogP contribution >= 0.6 is 11.6 Å². The number of hydrogen-bond donors (Lipinski definition) is 1. The summed E-state index contributed by atoms with van der Waals surface area (Å²) in [7, 11) is 0. The zero-order valence-corrected chi connectivity index (χ0v) is 20.0. The van der Waals surface area contributed by atoms with Crippen molar-refractivity contribution in [3.05, 3.63) is 70.7 Å². The molecule has 0 radical (unpaired) electrons. The molecule has 33 heavy (non-hydrogen) atoms. The van der Waals surface area contributed by atoms with Gasteiger partial charge in [0.1, 0.15) is 0 Å². The summed E-state index contributed by atoms with van der Waals surface area (Å²) < 4.78 is 0. The number of piperidine rings is 1. The Bertz CT molecular complexity index is 966. The van der Waals surface area contributed by atoms with Crippen LogP contribution in [0.2, 0.25) is 5.02 Å². The SMILES string of the molecule is O=C(CC1(c2ccccc2)C2CC3CC1CC(C2)C3O)N1CCC(c2ccc(Cl)cc2)CC1. The number of hydrogen-bond acceptors (Lipinski definition) is 2. The maximum atomic E-state index is 13.8. The van der Waals surface area contributed by atoms with Gasteiger partial charge < -0.3 is 10.0 Å². The van der Waals surface area contributed by atoms with Crippen LogP contribution in [0.5, 0.6) is 0 Å². The Morgan fingerprint density at radius 3 is 2.06 bits per heavy atom. The number of carbonyl (C=O) groups excluding carboxylic acids is 1. The predicted molar refractivity (Wildman–Crippen MR) is 131 cm³/mol. The molecule has 1 aliphatic heterocycles. The third kappa shape index (κ3) is 3.63. The number of likely N-dealkylation sites (tertiary alicyclic amines) is 1. The maximum absolute atomic E-state index is 13.8. The van der Waals surface area contributed by atoms with Crippen LogP contribution in [-0.2, 0) is 10.2 Å². The lowest BCUT2D eigenvalue weighted by molar-refractivity contribution is -0.153. The molecule has 2 aromatic rings. The summed E-state index contributed by atoms with van der Waals surface area (Å²) in [5, 5.41) is 11.5. The third-order valence-electron chi connectivity index (χ3n) is 9.72. The quantitative estimate of drug-likeness (QED) is 0.622. The van der Waals surface area contributed by atoms with Crippen LogP contribution in [0.3, 0.4) is 0 Å². The molecule has 3 nitrogen and oxygen atoms in total. The maximum Gasteiger partial charge on any atom is 0.223 e. The normalized spacial score (nSPS) is 35.7. The molecule has 7 rings (SSSR count). The van der Waals surface area contributed by atoms with Crippen molar-refractivity contribution in [2.75, 3.05) is 13.1 Å². The Labute approximate surface area is 202 Å². The van der Waals surface area contributed by atoms with Crippen LogP contribution < -0.4 is 0 Å². The summed E-state index contributed by atoms with van der Waals surface area (Å²) in [5.74, 6) is 2.75. The first-order chi connectivity index (χ1) is 16.0. The van der Waals surface area contributed by atoms with Crippen molar-refractivity contribution < 1.29 is 9.90 Å². The van der Waals surface area contributed by atoms with Crippen LogP contribution in [0.1, 0.15) is 62.0 Å². The van der Waals surface area contributed by atoms with Gasteiger partial charge in [-0.25, -0.2) is 0 Å². The van der Waals surface area contributed by atoms with Crippen LogP contribution in [0.25, 0.3) is 0 Å². The molecule has 4 aliphatic carbocycles. The largest absolute Gasteiger partial charge is 0.393 e. The molecule has 0 unspecified atom stereocenters. The molecule has 1 saturated heterocycles. The molecule has 174 valence electrons. The number of aliphatic hydroxyl groups excluding tert-OH is 1. The number of benzene rings is 2. The summed E-state index contributed by atoms with van der Waals surface area (Å²) in [6.07, 6.45) is 6.87. The Kier molecular flexibility index (Phi) is 5.54. The molecule has 5 aliphatic rings. The number of amides is 1. The van der Waals surface area contributed by atoms with Gasteiger partial charge in [-0.3, -0.25) is 4.79 Å². The van der Waals surface area contributed by atoms with Gasteiger partial charge in [-0.2, -0.15) is 0 Å². The van der Waals surface area contributed by atoms with Gasteiger partial charge in [0.2, 0.25) is 5.91 Å². The second-order valence-corrected chi connectivity index (χ2v) is 11.6. The van der Waals surface area contributed by atoms with Crippen molar-refractivity contribution in [1.29, 1.82) is 0 Å². The molecule has 1 N–H and O–H groups in total. The first-order valence-corrected chi connectivity index (χ1v) is 13.2. The van der Waals surface area contributed by atoms with Crippen molar-refractivity contribution in [2.45, 2.75) is 62.4 Å². The summed E-state index contributed by atoms with van der Waals surface area (Å²) in [6.45, 7) is 1.69. The average Bonchev–Trinajstić information content (AvgIpc) is 2.84. The fraction of sp³-hybridized carbons (Fsp3) is 0.552. The van der Waals surface area contributed by atoms with Gasteiger partial charge in [0.15, 0.2) is 0 Å². The number of halogens is 1. The fourth-order valence-corrected chi connectivity index (χ4v) is 8.26. The smallest absolute Gasteiger partial charge is 0.223 e. The van der Waals surface area contributed by atoms with E-state index in [2.05, 4.69) is 47.4 Å². The molecular formula is C29H34ClNO2. The van der Waals surface area contributed by atoms with Gasteiger partial charge in [-0.05, 0) is 91.4 Å². The van der Waals surface area contributed by atoms with Gasteiger partial charge in [0.05, 0.1) is 6.10 Å². The van der Waals surface area contributed by atoms with Crippen LogP contribution in [0.4, 0.5) is 0 Å². The second-order valence-electron chi connectivity index (χ2n) is 11.1. The van der Waals surface area contributed by atoms with E-state index in [4.69, 9.17) is 11.6 Å². The fourth-order valence-electron chi connectivity index (χ4n) is 8.13. The molecule has 0 atom stereocenters. The monoisotopic (exact) mass is 463 g/mol. The zero-order chi connectivity index (χ0) is 22.6. The molecular weight excluding hydrogens is 430 g/mol. The van der Waals surface area contributed by atoms with E-state index in [9.17, 15) is 9.90 Å². The predicted octanol–water partition coefficient (Wildman–Crippen LogP) is 5.80. The van der Waals surface area contributed by atoms with Gasteiger partial charge in [-0.15, -0.1) is 0 Å². The molecule has 5 fully saturated rings. The zero-order valence-electron chi connectivity index (χ0n) is 19.2. The van der Waals surface area contributed by atoms with Crippen molar-refractivity contribution in [3.8, 4) is 0 Å². The topological polar surface area (TPSA) is 40.5 Å². The van der Waals surface area contributed by atoms with Crippen molar-refractivity contribution >= 4 is 17.5 Å². The Morgan fingerprint density at radius 1 is 0.909 bits per heavy atom. The highest BCUT2D eigenvalue weighted by molar-refractivity contribution is 6.30. The molecule has 4 bridgehead atoms. The van der Waals surface area contributed by atoms with Crippen LogP contribution in [-0.4, -0.2) is 35.1 Å². The second kappa shape index (κ2) is 8.43. The highest BCUT2D eigenvalue weighted by Crippen LogP contribution is 2.64. The summed E-state index contributed by atoms with van der Waals surface area (Å²) in [4.78, 5) is 15.9. The summed E-state index contributed by atoms with van der Waals surface area (Å²) >= 11 is 6.06. The number of aliphatic hydroxyl groups is 1. The Hall–Kier alpha value is -1.84. The highest BCUT2D eigenvalue weighted by atomic mass is 35.5. The molecule has 0 aromatic heterocycles. The van der Waals surface area contributed by atoms with E-state index in [-0.39, 0.29) is 11.5 Å². The van der Waals surface area contributed by atoms with E-state index in [1.165, 1.54) is 11.1 Å². The van der Waals surface area contributed by atoms with E-state index in [1.54, 1.807) is 0 Å². The minimum absolute atomic E-state index is 0.0570. The van der Waals surface area contributed by atoms with Gasteiger partial charge >= 0.3 is 0 Å². The Morgan fingerprint density at radius 2 is 1.48 bits per heavy atom. The lowest BCUT2D eigenvalue weighted by atomic mass is 9.42. The summed E-state index contributed by atoms with van der Waals surface area (Å²) in [6, 6.07) is 19.1. The average molecular weight is 464 g/mol. The van der Waals surface area contributed by atoms with Crippen molar-refractivity contribution in [3.63, 3.8) is 0 Å². The van der Waals surface area contributed by atoms with E-state index in [0.717, 1.165) is 56.6 Å². The van der Waals surface area contributed by atoms with Gasteiger partial charge in [0, 0.05) is 29.9 Å². The highest BCUT2D eigenvalue weighted by Gasteiger charge is 2.61. The van der Waals surface area contributed by atoms with E-state index >= 15 is 0 Å². The minimum Gasteiger partial charge on any atom is -0.393 e. The van der Waals surface area contributed by atoms with Crippen molar-refractivity contribution in [2.24, 2.45) is 23.7 Å². The molecule has 4 saturated carbocycles. The van der Waals surface area contributed by atoms with Gasteiger partial charge in [0.25, 0.3) is 0 Å². The number of carbonyl (C=O) groups is 1. The van der Waals surface area contributed by atoms with E-state index in [0.29, 0.717) is 41.9 Å². The van der Waals surface area contributed by atoms with Crippen molar-refractivity contribution in [1.82, 2.24) is 4.90 Å². The molecule has 2 aromatic carbocycles. The van der Waals surface area contributed by atoms with Gasteiger partial charge in [-0.1, -0.05) is 54.1 Å². The van der Waals surface area contributed by atoms with Crippen LogP contribution in [0.15, 0.2) is 54.6 Å². The molecule has 1 amide bonds. The lowest BCUT2D eigenvalue weighted by Gasteiger charge is -2.63. The van der Waals surface area contributed by atoms with E-state index < -0.39 is 0 Å². The molecule has 4 heteroatoms. The standard InChI is InChI=1S/C29H34ClNO2/c30-26-8-6-19(7-9-26)20-10-12-31(13-11-20)27(32)18-29(23-4-2-1-3-5-23)24-14-21-15-25(29)17-22(16-24)28(21)33/h1-9,20-22,24-25,28,33H,10-18H2. The number of nitrogens with zero attached hydrogens (tertiary/aromatic N) is 1. The molecule has 0 spiro atoms. The number of rotatable bonds is 4. The van der Waals surface area contributed by atoms with Crippen LogP contribution in [0, 0.1) is 23.7 Å². The minimum atomic E-state index is -0.117. The Balaban J connectivity index is 1.21. The third-order valence-corrected chi connectivity index (χ3v) is 9.97. The molecule has 1 heterocycles. The first kappa shape index (κ1) is 21.7. The summed E-state index contributed by atoms with van der Waals surface area (Å²) in [5.41, 5.74) is 2.64.